The summed E-state index contributed by atoms with van der Waals surface area (Å²) < 4.78 is 18.9. The molecule has 0 amide bonds. The summed E-state index contributed by atoms with van der Waals surface area (Å²) in [5, 5.41) is 0. The van der Waals surface area contributed by atoms with Crippen LogP contribution in [0.2, 0.25) is 0 Å². The Kier molecular flexibility index (Phi) is 3.83. The van der Waals surface area contributed by atoms with Crippen molar-refractivity contribution in [1.29, 1.82) is 0 Å². The number of hydrogen-bond acceptors (Lipinski definition) is 5. The van der Waals surface area contributed by atoms with E-state index >= 15 is 0 Å². The number of fused-ring (bicyclic) bond motifs is 2. The van der Waals surface area contributed by atoms with Gasteiger partial charge in [-0.05, 0) is 63.7 Å². The topological polar surface area (TPSA) is 48.0 Å². The average molecular weight is 412 g/mol. The van der Waals surface area contributed by atoms with E-state index in [0.717, 1.165) is 56.6 Å². The summed E-state index contributed by atoms with van der Waals surface area (Å²) in [5.41, 5.74) is 2.32. The second-order valence-corrected chi connectivity index (χ2v) is 10.4. The van der Waals surface area contributed by atoms with Crippen LogP contribution in [0.25, 0.3) is 0 Å². The van der Waals surface area contributed by atoms with Crippen LogP contribution in [-0.2, 0) is 21.4 Å². The Hall–Kier alpha value is -1.59. The highest BCUT2D eigenvalue weighted by Gasteiger charge is 2.80. The van der Waals surface area contributed by atoms with Gasteiger partial charge in [0.25, 0.3) is 0 Å². The smallest absolute Gasteiger partial charge is 0.139 e. The summed E-state index contributed by atoms with van der Waals surface area (Å²) in [5.74, 6) is 2.15. The molecule has 0 radical (unpaired) electrons. The van der Waals surface area contributed by atoms with Gasteiger partial charge >= 0.3 is 0 Å². The number of rotatable bonds is 5. The van der Waals surface area contributed by atoms with Gasteiger partial charge in [0.05, 0.1) is 13.0 Å². The molecule has 2 spiro atoms. The number of nitrogens with zero attached hydrogens (tertiary/aromatic N) is 1. The van der Waals surface area contributed by atoms with Gasteiger partial charge in [0.15, 0.2) is 0 Å². The predicted octanol–water partition coefficient (Wildman–Crippen LogP) is 3.51. The van der Waals surface area contributed by atoms with Crippen molar-refractivity contribution in [3.8, 4) is 11.5 Å². The number of likely N-dealkylation sites (tertiary alicyclic amines) is 1. The van der Waals surface area contributed by atoms with Crippen LogP contribution in [0.15, 0.2) is 12.1 Å². The number of piperidine rings is 1. The molecule has 6 aliphatic rings. The van der Waals surface area contributed by atoms with Crippen LogP contribution in [0.3, 0.4) is 0 Å². The van der Waals surface area contributed by atoms with Crippen molar-refractivity contribution < 1.29 is 19.0 Å². The maximum atomic E-state index is 13.4. The third-order valence-electron chi connectivity index (χ3n) is 9.69. The second kappa shape index (κ2) is 6.01. The zero-order valence-electron chi connectivity index (χ0n) is 18.6. The lowest BCUT2D eigenvalue weighted by Crippen LogP contribution is -2.81. The molecule has 1 aromatic carbocycles. The Morgan fingerprint density at radius 1 is 1.27 bits per heavy atom. The molecule has 0 unspecified atom stereocenters. The van der Waals surface area contributed by atoms with E-state index in [1.165, 1.54) is 11.1 Å². The molecule has 1 aromatic rings. The van der Waals surface area contributed by atoms with E-state index in [-0.39, 0.29) is 22.9 Å². The number of carbonyl (C=O) groups is 1. The normalized spacial score (nSPS) is 42.6. The van der Waals surface area contributed by atoms with Gasteiger partial charge in [-0.2, -0.15) is 0 Å². The molecule has 4 fully saturated rings. The van der Waals surface area contributed by atoms with Gasteiger partial charge in [-0.1, -0.05) is 6.92 Å². The molecule has 1 saturated heterocycles. The fourth-order valence-electron chi connectivity index (χ4n) is 8.61. The van der Waals surface area contributed by atoms with Crippen LogP contribution in [0.1, 0.15) is 56.6 Å². The summed E-state index contributed by atoms with van der Waals surface area (Å²) in [4.78, 5) is 16.0. The third kappa shape index (κ3) is 1.87. The van der Waals surface area contributed by atoms with E-state index in [1.54, 1.807) is 7.11 Å². The zero-order valence-corrected chi connectivity index (χ0v) is 18.6. The van der Waals surface area contributed by atoms with Gasteiger partial charge < -0.3 is 19.1 Å². The van der Waals surface area contributed by atoms with E-state index in [0.29, 0.717) is 18.2 Å². The van der Waals surface area contributed by atoms with Crippen molar-refractivity contribution in [2.45, 2.75) is 75.0 Å². The van der Waals surface area contributed by atoms with Crippen molar-refractivity contribution in [3.05, 3.63) is 23.3 Å². The molecule has 0 aromatic heterocycles. The Bertz CT molecular complexity index is 930. The number of ether oxygens (including phenoxy) is 3. The van der Waals surface area contributed by atoms with Crippen LogP contribution in [0, 0.1) is 11.3 Å². The Balaban J connectivity index is 1.62. The number of carbonyl (C=O) groups excluding carboxylic acids is 1. The molecule has 2 aliphatic heterocycles. The maximum Gasteiger partial charge on any atom is 0.139 e. The Morgan fingerprint density at radius 3 is 2.83 bits per heavy atom. The monoisotopic (exact) mass is 411 g/mol. The molecule has 162 valence electrons. The number of benzene rings is 1. The number of likely N-dealkylation sites (N-methyl/N-ethyl adjacent to an activating group) is 1. The minimum atomic E-state index is -0.519. The summed E-state index contributed by atoms with van der Waals surface area (Å²) in [6, 6.07) is 4.74. The summed E-state index contributed by atoms with van der Waals surface area (Å²) in [6.07, 6.45) is 6.53. The van der Waals surface area contributed by atoms with Crippen LogP contribution < -0.4 is 9.47 Å². The molecule has 5 heteroatoms. The van der Waals surface area contributed by atoms with Gasteiger partial charge in [-0.3, -0.25) is 4.79 Å². The van der Waals surface area contributed by atoms with Crippen molar-refractivity contribution in [2.75, 3.05) is 27.8 Å². The number of hydrogen-bond donors (Lipinski definition) is 0. The fraction of sp³-hybridized carbons (Fsp3) is 0.720. The first-order valence-corrected chi connectivity index (χ1v) is 11.6. The van der Waals surface area contributed by atoms with Crippen molar-refractivity contribution in [3.63, 3.8) is 0 Å². The fourth-order valence-corrected chi connectivity index (χ4v) is 8.61. The lowest BCUT2D eigenvalue weighted by atomic mass is 9.34. The highest BCUT2D eigenvalue weighted by molar-refractivity contribution is 5.83. The van der Waals surface area contributed by atoms with Crippen molar-refractivity contribution in [2.24, 2.45) is 11.3 Å². The SMILES string of the molecule is CCCC(=O)[C@H]1C[C@@]23CC[C@]1(OC)[C@@H]1Oc4cc(OC)cc5c4[C@@]12CCN(C)[C@@H]3C5. The highest BCUT2D eigenvalue weighted by atomic mass is 16.6. The molecule has 2 heterocycles. The molecule has 0 N–H and O–H groups in total. The highest BCUT2D eigenvalue weighted by Crippen LogP contribution is 2.76. The van der Waals surface area contributed by atoms with E-state index in [9.17, 15) is 4.79 Å². The first-order chi connectivity index (χ1) is 14.5. The lowest BCUT2D eigenvalue weighted by Gasteiger charge is -2.73. The number of ketones is 1. The van der Waals surface area contributed by atoms with E-state index < -0.39 is 5.60 Å². The summed E-state index contributed by atoms with van der Waals surface area (Å²) in [6.45, 7) is 3.17. The van der Waals surface area contributed by atoms with Gasteiger partial charge in [-0.15, -0.1) is 0 Å². The first kappa shape index (κ1) is 19.1. The van der Waals surface area contributed by atoms with Crippen LogP contribution >= 0.6 is 0 Å². The number of methoxy groups -OCH3 is 2. The molecule has 7 rings (SSSR count). The molecule has 6 atom stereocenters. The quantitative estimate of drug-likeness (QED) is 0.742. The predicted molar refractivity (Wildman–Crippen MR) is 113 cm³/mol. The summed E-state index contributed by atoms with van der Waals surface area (Å²) >= 11 is 0. The van der Waals surface area contributed by atoms with Crippen LogP contribution in [0.4, 0.5) is 0 Å². The molecule has 4 bridgehead atoms. The summed E-state index contributed by atoms with van der Waals surface area (Å²) in [7, 11) is 5.81. The van der Waals surface area contributed by atoms with Gasteiger partial charge in [0.2, 0.25) is 0 Å². The standard InChI is InChI=1S/C25H33NO4/c1-5-6-18(27)17-14-23-7-8-25(17,29-4)22-24(23)9-10-26(2)20(23)12-15-11-16(28-3)13-19(30-22)21(15)24/h11,13,17,20,22H,5-10,12,14H2,1-4H3/t17-,20-,22-,23-,24+,25-/m1/s1. The Labute approximate surface area is 179 Å². The molecule has 4 aliphatic carbocycles. The molecular weight excluding hydrogens is 378 g/mol. The minimum Gasteiger partial charge on any atom is -0.497 e. The van der Waals surface area contributed by atoms with E-state index in [1.807, 2.05) is 7.11 Å². The average Bonchev–Trinajstić information content (AvgIpc) is 3.11. The first-order valence-electron chi connectivity index (χ1n) is 11.6. The van der Waals surface area contributed by atoms with E-state index in [2.05, 4.69) is 31.0 Å². The van der Waals surface area contributed by atoms with Crippen LogP contribution in [-0.4, -0.2) is 56.2 Å². The maximum absolute atomic E-state index is 13.4. The van der Waals surface area contributed by atoms with Crippen molar-refractivity contribution >= 4 is 5.78 Å². The minimum absolute atomic E-state index is 0.0450. The van der Waals surface area contributed by atoms with E-state index in [4.69, 9.17) is 14.2 Å². The van der Waals surface area contributed by atoms with Gasteiger partial charge in [0, 0.05) is 42.0 Å². The largest absolute Gasteiger partial charge is 0.497 e. The molecular formula is C25H33NO4. The molecule has 3 saturated carbocycles. The van der Waals surface area contributed by atoms with Crippen LogP contribution in [0.5, 0.6) is 11.5 Å². The lowest BCUT2D eigenvalue weighted by molar-refractivity contribution is -0.270. The van der Waals surface area contributed by atoms with Gasteiger partial charge in [-0.25, -0.2) is 0 Å². The molecule has 30 heavy (non-hydrogen) atoms. The third-order valence-corrected chi connectivity index (χ3v) is 9.69. The van der Waals surface area contributed by atoms with Crippen molar-refractivity contribution in [1.82, 2.24) is 4.90 Å². The van der Waals surface area contributed by atoms with Gasteiger partial charge in [0.1, 0.15) is 29.0 Å². The number of Topliss-reactive ketones (excluding diaryl/α,β-unsaturated/α-hetero) is 1. The molecule has 5 nitrogen and oxygen atoms in total. The zero-order chi connectivity index (χ0) is 20.9. The second-order valence-electron chi connectivity index (χ2n) is 10.4. The Morgan fingerprint density at radius 2 is 2.10 bits per heavy atom.